The molecule has 4 rings (SSSR count). The molecule has 1 aliphatic carbocycles. The molecule has 21 heavy (non-hydrogen) atoms. The minimum absolute atomic E-state index is 0.0906. The molecule has 2 heterocycles. The van der Waals surface area contributed by atoms with Gasteiger partial charge in [-0.1, -0.05) is 31.0 Å². The van der Waals surface area contributed by atoms with E-state index in [2.05, 4.69) is 4.98 Å². The number of benzene rings is 1. The monoisotopic (exact) mass is 280 g/mol. The van der Waals surface area contributed by atoms with Gasteiger partial charge in [-0.25, -0.2) is 4.98 Å². The molecule has 1 aliphatic rings. The van der Waals surface area contributed by atoms with Crippen LogP contribution in [0.2, 0.25) is 0 Å². The number of nitrogens with zero attached hydrogens (tertiary/aromatic N) is 1. The minimum atomic E-state index is -0.0906. The van der Waals surface area contributed by atoms with Crippen LogP contribution in [0.25, 0.3) is 22.4 Å². The number of furan rings is 1. The number of fused-ring (bicyclic) bond motifs is 1. The average molecular weight is 280 g/mol. The normalized spacial score (nSPS) is 15.8. The fourth-order valence-corrected chi connectivity index (χ4v) is 3.20. The Kier molecular flexibility index (Phi) is 2.88. The zero-order chi connectivity index (χ0) is 14.2. The first kappa shape index (κ1) is 12.4. The second kappa shape index (κ2) is 4.88. The van der Waals surface area contributed by atoms with Gasteiger partial charge in [-0.3, -0.25) is 4.79 Å². The summed E-state index contributed by atoms with van der Waals surface area (Å²) in [5.74, 6) is 1.03. The van der Waals surface area contributed by atoms with E-state index < -0.39 is 0 Å². The van der Waals surface area contributed by atoms with Gasteiger partial charge in [0.05, 0.1) is 11.3 Å². The van der Waals surface area contributed by atoms with E-state index in [4.69, 9.17) is 9.40 Å². The van der Waals surface area contributed by atoms with E-state index in [0.717, 1.165) is 35.1 Å². The van der Waals surface area contributed by atoms with Crippen LogP contribution in [0.5, 0.6) is 0 Å². The van der Waals surface area contributed by atoms with Crippen molar-refractivity contribution in [3.63, 3.8) is 0 Å². The molecule has 0 bridgehead atoms. The van der Waals surface area contributed by atoms with E-state index in [-0.39, 0.29) is 5.56 Å². The number of aromatic amines is 1. The van der Waals surface area contributed by atoms with Crippen molar-refractivity contribution >= 4 is 11.0 Å². The maximum Gasteiger partial charge on any atom is 0.251 e. The van der Waals surface area contributed by atoms with Crippen LogP contribution in [-0.2, 0) is 0 Å². The molecule has 106 valence electrons. The zero-order valence-corrected chi connectivity index (χ0v) is 11.6. The van der Waals surface area contributed by atoms with Crippen molar-refractivity contribution in [1.82, 2.24) is 9.97 Å². The van der Waals surface area contributed by atoms with E-state index in [1.54, 1.807) is 12.3 Å². The highest BCUT2D eigenvalue weighted by Crippen LogP contribution is 2.34. The summed E-state index contributed by atoms with van der Waals surface area (Å²) in [5, 5.41) is 0.976. The van der Waals surface area contributed by atoms with Gasteiger partial charge in [0, 0.05) is 17.4 Å². The molecule has 0 unspecified atom stereocenters. The molecular weight excluding hydrogens is 264 g/mol. The van der Waals surface area contributed by atoms with Gasteiger partial charge in [0.25, 0.3) is 5.56 Å². The second-order valence-electron chi connectivity index (χ2n) is 5.65. The molecule has 1 aromatic carbocycles. The van der Waals surface area contributed by atoms with Crippen molar-refractivity contribution in [1.29, 1.82) is 0 Å². The highest BCUT2D eigenvalue weighted by molar-refractivity contribution is 5.91. The molecule has 4 nitrogen and oxygen atoms in total. The number of nitrogens with one attached hydrogen (secondary N) is 1. The van der Waals surface area contributed by atoms with Gasteiger partial charge >= 0.3 is 0 Å². The third-order valence-electron chi connectivity index (χ3n) is 4.27. The Labute approximate surface area is 121 Å². The smallest absolute Gasteiger partial charge is 0.251 e. The van der Waals surface area contributed by atoms with E-state index in [1.807, 2.05) is 24.3 Å². The summed E-state index contributed by atoms with van der Waals surface area (Å²) >= 11 is 0. The molecule has 1 saturated carbocycles. The lowest BCUT2D eigenvalue weighted by Gasteiger charge is -2.09. The first-order valence-corrected chi connectivity index (χ1v) is 7.39. The molecular formula is C17H16N2O2. The molecule has 1 fully saturated rings. The van der Waals surface area contributed by atoms with Gasteiger partial charge in [-0.2, -0.15) is 0 Å². The first-order chi connectivity index (χ1) is 10.3. The Morgan fingerprint density at radius 1 is 1.19 bits per heavy atom. The van der Waals surface area contributed by atoms with E-state index in [9.17, 15) is 4.79 Å². The van der Waals surface area contributed by atoms with Crippen molar-refractivity contribution in [3.8, 4) is 11.4 Å². The summed E-state index contributed by atoms with van der Waals surface area (Å²) in [5.41, 5.74) is 2.48. The van der Waals surface area contributed by atoms with Crippen LogP contribution in [0.4, 0.5) is 0 Å². The Hall–Kier alpha value is -2.36. The van der Waals surface area contributed by atoms with E-state index in [1.165, 1.54) is 12.8 Å². The van der Waals surface area contributed by atoms with Gasteiger partial charge in [0.2, 0.25) is 0 Å². The van der Waals surface area contributed by atoms with Crippen molar-refractivity contribution in [2.24, 2.45) is 0 Å². The third-order valence-corrected chi connectivity index (χ3v) is 4.27. The number of rotatable bonds is 2. The number of H-pyrrole nitrogens is 1. The molecule has 0 spiro atoms. The Morgan fingerprint density at radius 2 is 2.00 bits per heavy atom. The van der Waals surface area contributed by atoms with Crippen LogP contribution in [0.3, 0.4) is 0 Å². The van der Waals surface area contributed by atoms with Crippen LogP contribution >= 0.6 is 0 Å². The van der Waals surface area contributed by atoms with Crippen molar-refractivity contribution < 1.29 is 4.42 Å². The van der Waals surface area contributed by atoms with Crippen LogP contribution < -0.4 is 5.56 Å². The predicted octanol–water partition coefficient (Wildman–Crippen LogP) is 3.84. The van der Waals surface area contributed by atoms with Gasteiger partial charge in [-0.05, 0) is 18.9 Å². The standard InChI is InChI=1S/C17H16N2O2/c20-16-9-14(11-5-1-2-6-11)18-17(19-16)13-10-21-15-8-4-3-7-12(13)15/h3-4,7-11H,1-2,5-6H2,(H,18,19,20). The maximum absolute atomic E-state index is 12.0. The molecule has 0 atom stereocenters. The molecule has 2 aromatic heterocycles. The highest BCUT2D eigenvalue weighted by Gasteiger charge is 2.20. The van der Waals surface area contributed by atoms with E-state index in [0.29, 0.717) is 11.7 Å². The van der Waals surface area contributed by atoms with Crippen LogP contribution in [0.1, 0.15) is 37.3 Å². The lowest BCUT2D eigenvalue weighted by Crippen LogP contribution is -2.12. The molecule has 4 heteroatoms. The average Bonchev–Trinajstić information content (AvgIpc) is 3.16. The van der Waals surface area contributed by atoms with Crippen molar-refractivity contribution in [2.75, 3.05) is 0 Å². The summed E-state index contributed by atoms with van der Waals surface area (Å²) < 4.78 is 5.55. The molecule has 0 radical (unpaired) electrons. The quantitative estimate of drug-likeness (QED) is 0.775. The Balaban J connectivity index is 1.86. The summed E-state index contributed by atoms with van der Waals surface area (Å²) in [7, 11) is 0. The number of aromatic nitrogens is 2. The number of hydrogen-bond donors (Lipinski definition) is 1. The first-order valence-electron chi connectivity index (χ1n) is 7.39. The van der Waals surface area contributed by atoms with Gasteiger partial charge in [0.1, 0.15) is 17.7 Å². The Morgan fingerprint density at radius 3 is 2.86 bits per heavy atom. The molecule has 0 aliphatic heterocycles. The van der Waals surface area contributed by atoms with Gasteiger partial charge < -0.3 is 9.40 Å². The maximum atomic E-state index is 12.0. The van der Waals surface area contributed by atoms with Crippen molar-refractivity contribution in [2.45, 2.75) is 31.6 Å². The van der Waals surface area contributed by atoms with Gasteiger partial charge in [0.15, 0.2) is 0 Å². The third kappa shape index (κ3) is 2.17. The summed E-state index contributed by atoms with van der Waals surface area (Å²) in [6.45, 7) is 0. The lowest BCUT2D eigenvalue weighted by molar-refractivity contribution is 0.616. The topological polar surface area (TPSA) is 58.9 Å². The summed E-state index contributed by atoms with van der Waals surface area (Å²) in [6.07, 6.45) is 6.37. The highest BCUT2D eigenvalue weighted by atomic mass is 16.3. The molecule has 1 N–H and O–H groups in total. The predicted molar refractivity (Wildman–Crippen MR) is 81.3 cm³/mol. The van der Waals surface area contributed by atoms with E-state index >= 15 is 0 Å². The SMILES string of the molecule is O=c1cc(C2CCCC2)nc(-c2coc3ccccc23)[nH]1. The lowest BCUT2D eigenvalue weighted by atomic mass is 10.0. The molecule has 3 aromatic rings. The van der Waals surface area contributed by atoms with Gasteiger partial charge in [-0.15, -0.1) is 0 Å². The fourth-order valence-electron chi connectivity index (χ4n) is 3.20. The summed E-state index contributed by atoms with van der Waals surface area (Å²) in [6, 6.07) is 9.43. The largest absolute Gasteiger partial charge is 0.464 e. The minimum Gasteiger partial charge on any atom is -0.464 e. The number of hydrogen-bond acceptors (Lipinski definition) is 3. The zero-order valence-electron chi connectivity index (χ0n) is 11.6. The van der Waals surface area contributed by atoms with Crippen LogP contribution in [-0.4, -0.2) is 9.97 Å². The second-order valence-corrected chi connectivity index (χ2v) is 5.65. The van der Waals surface area contributed by atoms with Crippen molar-refractivity contribution in [3.05, 3.63) is 52.6 Å². The van der Waals surface area contributed by atoms with Crippen LogP contribution in [0, 0.1) is 0 Å². The summed E-state index contributed by atoms with van der Waals surface area (Å²) in [4.78, 5) is 19.5. The Bertz CT molecular complexity index is 841. The molecule has 0 amide bonds. The fraction of sp³-hybridized carbons (Fsp3) is 0.294. The van der Waals surface area contributed by atoms with Crippen LogP contribution in [0.15, 0.2) is 45.8 Å². The molecule has 0 saturated heterocycles. The number of para-hydroxylation sites is 1.